The number of hydrogen-bond donors (Lipinski definition) is 2. The molecule has 0 unspecified atom stereocenters. The van der Waals surface area contributed by atoms with Crippen LogP contribution in [0, 0.1) is 11.3 Å². The Morgan fingerprint density at radius 2 is 1.79 bits per heavy atom. The van der Waals surface area contributed by atoms with E-state index >= 15 is 0 Å². The van der Waals surface area contributed by atoms with Crippen LogP contribution in [0.3, 0.4) is 0 Å². The molecular formula is C15H26N2O2. The Labute approximate surface area is 115 Å². The van der Waals surface area contributed by atoms with E-state index in [-0.39, 0.29) is 11.6 Å². The van der Waals surface area contributed by atoms with Gasteiger partial charge >= 0.3 is 6.09 Å². The van der Waals surface area contributed by atoms with Crippen LogP contribution in [0.1, 0.15) is 52.9 Å². The second-order valence-electron chi connectivity index (χ2n) is 7.82. The Bertz CT molecular complexity index is 360. The molecule has 1 heterocycles. The molecule has 4 heteroatoms. The van der Waals surface area contributed by atoms with Crippen molar-refractivity contribution < 1.29 is 9.53 Å². The molecule has 3 aliphatic carbocycles. The molecule has 0 atom stereocenters. The molecule has 0 radical (unpaired) electrons. The Balaban J connectivity index is 1.48. The van der Waals surface area contributed by atoms with E-state index in [0.717, 1.165) is 5.92 Å². The van der Waals surface area contributed by atoms with Crippen LogP contribution >= 0.6 is 0 Å². The van der Waals surface area contributed by atoms with Gasteiger partial charge in [0.05, 0.1) is 0 Å². The number of piperidine rings is 1. The Kier molecular flexibility index (Phi) is 2.86. The average Bonchev–Trinajstić information content (AvgIpc) is 2.20. The summed E-state index contributed by atoms with van der Waals surface area (Å²) in [6, 6.07) is 0. The molecule has 2 N–H and O–H groups in total. The number of nitrogens with one attached hydrogen (secondary N) is 2. The molecule has 3 saturated carbocycles. The van der Waals surface area contributed by atoms with Crippen molar-refractivity contribution in [3.8, 4) is 0 Å². The van der Waals surface area contributed by atoms with Gasteiger partial charge in [0.1, 0.15) is 5.60 Å². The fraction of sp³-hybridized carbons (Fsp3) is 0.933. The van der Waals surface area contributed by atoms with Crippen molar-refractivity contribution in [3.63, 3.8) is 0 Å². The van der Waals surface area contributed by atoms with Crippen molar-refractivity contribution in [1.82, 2.24) is 10.6 Å². The van der Waals surface area contributed by atoms with Crippen LogP contribution in [0.4, 0.5) is 4.79 Å². The first-order chi connectivity index (χ1) is 8.83. The van der Waals surface area contributed by atoms with Crippen molar-refractivity contribution in [2.24, 2.45) is 11.3 Å². The van der Waals surface area contributed by atoms with E-state index in [1.807, 2.05) is 20.8 Å². The molecule has 4 rings (SSSR count). The maximum Gasteiger partial charge on any atom is 0.408 e. The molecule has 0 aromatic carbocycles. The van der Waals surface area contributed by atoms with Gasteiger partial charge in [0.25, 0.3) is 0 Å². The molecule has 4 aliphatic rings. The number of carbonyl (C=O) groups is 1. The zero-order valence-electron chi connectivity index (χ0n) is 12.3. The van der Waals surface area contributed by atoms with Gasteiger partial charge in [-0.15, -0.1) is 0 Å². The summed E-state index contributed by atoms with van der Waals surface area (Å²) in [5.41, 5.74) is 0.227. The van der Waals surface area contributed by atoms with E-state index in [0.29, 0.717) is 5.41 Å². The van der Waals surface area contributed by atoms with Gasteiger partial charge in [-0.05, 0) is 77.3 Å². The largest absolute Gasteiger partial charge is 0.444 e. The molecule has 1 amide bonds. The number of alkyl carbamates (subject to hydrolysis) is 1. The third-order valence-electron chi connectivity index (χ3n) is 5.04. The zero-order valence-corrected chi connectivity index (χ0v) is 12.3. The zero-order chi connectivity index (χ0) is 13.7. The number of ether oxygens (including phenoxy) is 1. The molecule has 0 aromatic heterocycles. The first kappa shape index (κ1) is 13.2. The maximum absolute atomic E-state index is 11.8. The van der Waals surface area contributed by atoms with Gasteiger partial charge in [-0.1, -0.05) is 0 Å². The summed E-state index contributed by atoms with van der Waals surface area (Å²) in [6.07, 6.45) is 5.88. The minimum Gasteiger partial charge on any atom is -0.444 e. The Morgan fingerprint density at radius 3 is 2.32 bits per heavy atom. The summed E-state index contributed by atoms with van der Waals surface area (Å²) in [4.78, 5) is 11.8. The Hall–Kier alpha value is -0.770. The van der Waals surface area contributed by atoms with Gasteiger partial charge in [0, 0.05) is 5.54 Å². The van der Waals surface area contributed by atoms with E-state index in [9.17, 15) is 4.79 Å². The quantitative estimate of drug-likeness (QED) is 0.807. The highest BCUT2D eigenvalue weighted by Gasteiger charge is 2.70. The van der Waals surface area contributed by atoms with Gasteiger partial charge in [-0.2, -0.15) is 0 Å². The lowest BCUT2D eigenvalue weighted by Crippen LogP contribution is -2.77. The lowest BCUT2D eigenvalue weighted by atomic mass is 9.35. The summed E-state index contributed by atoms with van der Waals surface area (Å²) in [7, 11) is 0. The fourth-order valence-corrected chi connectivity index (χ4v) is 4.39. The van der Waals surface area contributed by atoms with Gasteiger partial charge in [0.2, 0.25) is 0 Å². The molecular weight excluding hydrogens is 240 g/mol. The van der Waals surface area contributed by atoms with Crippen LogP contribution in [-0.2, 0) is 4.74 Å². The summed E-state index contributed by atoms with van der Waals surface area (Å²) in [5.74, 6) is 0.871. The van der Waals surface area contributed by atoms with E-state index in [1.54, 1.807) is 0 Å². The van der Waals surface area contributed by atoms with Crippen LogP contribution < -0.4 is 10.6 Å². The van der Waals surface area contributed by atoms with Crippen LogP contribution in [0.5, 0.6) is 0 Å². The molecule has 108 valence electrons. The molecule has 0 aromatic rings. The summed E-state index contributed by atoms with van der Waals surface area (Å²) < 4.78 is 5.35. The lowest BCUT2D eigenvalue weighted by Gasteiger charge is -2.73. The van der Waals surface area contributed by atoms with Crippen LogP contribution in [0.25, 0.3) is 0 Å². The van der Waals surface area contributed by atoms with E-state index in [4.69, 9.17) is 4.74 Å². The monoisotopic (exact) mass is 266 g/mol. The SMILES string of the molecule is CC(C)(C)OC(=O)NC12CC(C3CCNCC3)(C1)C2. The highest BCUT2D eigenvalue weighted by Crippen LogP contribution is 2.71. The first-order valence-corrected chi connectivity index (χ1v) is 7.55. The highest BCUT2D eigenvalue weighted by atomic mass is 16.6. The minimum absolute atomic E-state index is 0.0766. The van der Waals surface area contributed by atoms with Crippen molar-refractivity contribution in [2.45, 2.75) is 64.0 Å². The Morgan fingerprint density at radius 1 is 1.21 bits per heavy atom. The van der Waals surface area contributed by atoms with Gasteiger partial charge < -0.3 is 15.4 Å². The highest BCUT2D eigenvalue weighted by molar-refractivity contribution is 5.70. The topological polar surface area (TPSA) is 50.4 Å². The summed E-state index contributed by atoms with van der Waals surface area (Å²) in [6.45, 7) is 8.05. The van der Waals surface area contributed by atoms with Crippen LogP contribution in [0.2, 0.25) is 0 Å². The van der Waals surface area contributed by atoms with Crippen LogP contribution in [0.15, 0.2) is 0 Å². The molecule has 4 nitrogen and oxygen atoms in total. The molecule has 1 saturated heterocycles. The van der Waals surface area contributed by atoms with Crippen molar-refractivity contribution in [3.05, 3.63) is 0 Å². The third kappa shape index (κ3) is 2.35. The molecule has 1 aliphatic heterocycles. The standard InChI is InChI=1S/C15H26N2O2/c1-13(2,3)19-12(18)17-15-8-14(9-15,10-15)11-4-6-16-7-5-11/h11,16H,4-10H2,1-3H3,(H,17,18). The van der Waals surface area contributed by atoms with E-state index < -0.39 is 5.60 Å². The lowest BCUT2D eigenvalue weighted by molar-refractivity contribution is -0.192. The summed E-state index contributed by atoms with van der Waals surface area (Å²) in [5, 5.41) is 6.53. The second kappa shape index (κ2) is 4.11. The normalized spacial score (nSPS) is 38.1. The number of carbonyl (C=O) groups excluding carboxylic acids is 1. The maximum atomic E-state index is 11.8. The molecule has 19 heavy (non-hydrogen) atoms. The van der Waals surface area contributed by atoms with Crippen LogP contribution in [-0.4, -0.2) is 30.3 Å². The van der Waals surface area contributed by atoms with Crippen molar-refractivity contribution >= 4 is 6.09 Å². The van der Waals surface area contributed by atoms with E-state index in [2.05, 4.69) is 10.6 Å². The van der Waals surface area contributed by atoms with E-state index in [1.165, 1.54) is 45.2 Å². The predicted molar refractivity (Wildman–Crippen MR) is 74.0 cm³/mol. The molecule has 0 spiro atoms. The summed E-state index contributed by atoms with van der Waals surface area (Å²) >= 11 is 0. The smallest absolute Gasteiger partial charge is 0.408 e. The number of hydrogen-bond acceptors (Lipinski definition) is 3. The number of rotatable bonds is 2. The average molecular weight is 266 g/mol. The second-order valence-corrected chi connectivity index (χ2v) is 7.82. The van der Waals surface area contributed by atoms with Crippen molar-refractivity contribution in [2.75, 3.05) is 13.1 Å². The molecule has 4 fully saturated rings. The third-order valence-corrected chi connectivity index (χ3v) is 5.04. The van der Waals surface area contributed by atoms with Gasteiger partial charge in [-0.3, -0.25) is 0 Å². The van der Waals surface area contributed by atoms with Crippen molar-refractivity contribution in [1.29, 1.82) is 0 Å². The molecule has 2 bridgehead atoms. The predicted octanol–water partition coefficient (Wildman–Crippen LogP) is 2.43. The van der Waals surface area contributed by atoms with Gasteiger partial charge in [0.15, 0.2) is 0 Å². The fourth-order valence-electron chi connectivity index (χ4n) is 4.39. The van der Waals surface area contributed by atoms with Gasteiger partial charge in [-0.25, -0.2) is 4.79 Å². The minimum atomic E-state index is -0.402. The number of amides is 1. The first-order valence-electron chi connectivity index (χ1n) is 7.55.